The lowest BCUT2D eigenvalue weighted by molar-refractivity contribution is 0.161. The first-order chi connectivity index (χ1) is 10.7. The molecule has 0 unspecified atom stereocenters. The number of hydrogen-bond donors (Lipinski definition) is 1. The number of nitrogens with zero attached hydrogens (tertiary/aromatic N) is 1. The van der Waals surface area contributed by atoms with Crippen LogP contribution >= 0.6 is 0 Å². The van der Waals surface area contributed by atoms with Gasteiger partial charge in [-0.15, -0.1) is 0 Å². The van der Waals surface area contributed by atoms with Gasteiger partial charge in [-0.25, -0.2) is 4.79 Å². The molecule has 1 fully saturated rings. The topological polar surface area (TPSA) is 50.8 Å². The Bertz CT molecular complexity index is 539. The fourth-order valence-corrected chi connectivity index (χ4v) is 3.07. The summed E-state index contributed by atoms with van der Waals surface area (Å²) in [4.78, 5) is 14.3. The number of rotatable bonds is 2. The summed E-state index contributed by atoms with van der Waals surface area (Å²) < 4.78 is 11.0. The van der Waals surface area contributed by atoms with Gasteiger partial charge in [0.1, 0.15) is 18.1 Å². The summed E-state index contributed by atoms with van der Waals surface area (Å²) in [5.41, 5.74) is 1.09. The van der Waals surface area contributed by atoms with Crippen molar-refractivity contribution in [1.29, 1.82) is 0 Å². The predicted molar refractivity (Wildman–Crippen MR) is 84.5 cm³/mol. The zero-order valence-corrected chi connectivity index (χ0v) is 13.3. The van der Waals surface area contributed by atoms with Crippen molar-refractivity contribution in [1.82, 2.24) is 10.2 Å². The zero-order chi connectivity index (χ0) is 15.5. The number of carbonyl (C=O) groups excluding carboxylic acids is 1. The summed E-state index contributed by atoms with van der Waals surface area (Å²) in [6.07, 6.45) is 2.96. The number of nitrogens with one attached hydrogen (secondary N) is 1. The average Bonchev–Trinajstić information content (AvgIpc) is 2.54. The van der Waals surface area contributed by atoms with Gasteiger partial charge in [0.15, 0.2) is 0 Å². The molecule has 1 N–H and O–H groups in total. The largest absolute Gasteiger partial charge is 0.497 e. The summed E-state index contributed by atoms with van der Waals surface area (Å²) >= 11 is 0. The molecule has 0 spiro atoms. The van der Waals surface area contributed by atoms with Gasteiger partial charge in [0, 0.05) is 13.1 Å². The highest BCUT2D eigenvalue weighted by Gasteiger charge is 2.25. The van der Waals surface area contributed by atoms with Gasteiger partial charge in [0.2, 0.25) is 0 Å². The molecule has 120 valence electrons. The molecule has 3 rings (SSSR count). The molecule has 2 aliphatic rings. The third kappa shape index (κ3) is 3.29. The van der Waals surface area contributed by atoms with Gasteiger partial charge in [0.25, 0.3) is 0 Å². The molecule has 1 saturated heterocycles. The van der Waals surface area contributed by atoms with Crippen molar-refractivity contribution in [2.75, 3.05) is 26.8 Å². The van der Waals surface area contributed by atoms with E-state index in [4.69, 9.17) is 9.47 Å². The van der Waals surface area contributed by atoms with Crippen LogP contribution in [0.3, 0.4) is 0 Å². The van der Waals surface area contributed by atoms with E-state index in [2.05, 4.69) is 12.2 Å². The molecule has 1 aromatic carbocycles. The van der Waals surface area contributed by atoms with E-state index >= 15 is 0 Å². The Morgan fingerprint density at radius 1 is 1.36 bits per heavy atom. The number of piperidine rings is 1. The number of methoxy groups -OCH3 is 1. The van der Waals surface area contributed by atoms with Crippen LogP contribution in [0, 0.1) is 5.92 Å². The van der Waals surface area contributed by atoms with Gasteiger partial charge in [0.05, 0.1) is 13.2 Å². The van der Waals surface area contributed by atoms with E-state index in [-0.39, 0.29) is 12.1 Å². The van der Waals surface area contributed by atoms with Crippen molar-refractivity contribution in [3.05, 3.63) is 23.8 Å². The minimum Gasteiger partial charge on any atom is -0.497 e. The fourth-order valence-electron chi connectivity index (χ4n) is 3.07. The first kappa shape index (κ1) is 15.0. The van der Waals surface area contributed by atoms with Crippen LogP contribution in [0.1, 0.15) is 25.3 Å². The molecule has 5 nitrogen and oxygen atoms in total. The van der Waals surface area contributed by atoms with Crippen LogP contribution in [-0.4, -0.2) is 43.8 Å². The Morgan fingerprint density at radius 2 is 2.14 bits per heavy atom. The van der Waals surface area contributed by atoms with Crippen LogP contribution in [0.25, 0.3) is 0 Å². The van der Waals surface area contributed by atoms with Crippen LogP contribution in [-0.2, 0) is 6.42 Å². The van der Waals surface area contributed by atoms with Crippen LogP contribution in [0.4, 0.5) is 4.79 Å². The second-order valence-electron chi connectivity index (χ2n) is 6.30. The van der Waals surface area contributed by atoms with Crippen molar-refractivity contribution in [3.8, 4) is 11.5 Å². The van der Waals surface area contributed by atoms with Gasteiger partial charge in [-0.3, -0.25) is 0 Å². The monoisotopic (exact) mass is 304 g/mol. The van der Waals surface area contributed by atoms with Crippen LogP contribution in [0.5, 0.6) is 11.5 Å². The number of likely N-dealkylation sites (tertiary alicyclic amines) is 1. The maximum atomic E-state index is 12.3. The summed E-state index contributed by atoms with van der Waals surface area (Å²) in [6.45, 7) is 4.47. The number of benzene rings is 1. The highest BCUT2D eigenvalue weighted by Crippen LogP contribution is 2.28. The first-order valence-electron chi connectivity index (χ1n) is 8.01. The van der Waals surface area contributed by atoms with Gasteiger partial charge in [-0.05, 0) is 48.9 Å². The number of fused-ring (bicyclic) bond motifs is 1. The van der Waals surface area contributed by atoms with Gasteiger partial charge in [-0.2, -0.15) is 0 Å². The molecule has 0 radical (unpaired) electrons. The summed E-state index contributed by atoms with van der Waals surface area (Å²) in [5, 5.41) is 3.10. The smallest absolute Gasteiger partial charge is 0.317 e. The SMILES string of the molecule is COc1ccc2c(c1)C[C@@H](NC(=O)N1CCC(C)CC1)CO2. The average molecular weight is 304 g/mol. The quantitative estimate of drug-likeness (QED) is 0.913. The molecule has 1 atom stereocenters. The lowest BCUT2D eigenvalue weighted by Gasteiger charge is -2.33. The van der Waals surface area contributed by atoms with Crippen molar-refractivity contribution >= 4 is 6.03 Å². The number of hydrogen-bond acceptors (Lipinski definition) is 3. The van der Waals surface area contributed by atoms with E-state index in [1.807, 2.05) is 23.1 Å². The normalized spacial score (nSPS) is 21.7. The number of carbonyl (C=O) groups is 1. The molecule has 0 saturated carbocycles. The highest BCUT2D eigenvalue weighted by atomic mass is 16.5. The molecular weight excluding hydrogens is 280 g/mol. The van der Waals surface area contributed by atoms with Gasteiger partial charge >= 0.3 is 6.03 Å². The zero-order valence-electron chi connectivity index (χ0n) is 13.3. The molecule has 2 amide bonds. The second kappa shape index (κ2) is 6.46. The summed E-state index contributed by atoms with van der Waals surface area (Å²) in [7, 11) is 1.65. The van der Waals surface area contributed by atoms with E-state index in [1.165, 1.54) is 0 Å². The first-order valence-corrected chi connectivity index (χ1v) is 8.01. The molecule has 2 aliphatic heterocycles. The number of amides is 2. The Morgan fingerprint density at radius 3 is 2.86 bits per heavy atom. The van der Waals surface area contributed by atoms with Crippen LogP contribution < -0.4 is 14.8 Å². The van der Waals surface area contributed by atoms with E-state index in [0.717, 1.165) is 55.3 Å². The summed E-state index contributed by atoms with van der Waals surface area (Å²) in [5.74, 6) is 2.43. The minimum absolute atomic E-state index is 0.0199. The Hall–Kier alpha value is -1.91. The van der Waals surface area contributed by atoms with Crippen LogP contribution in [0.2, 0.25) is 0 Å². The van der Waals surface area contributed by atoms with Gasteiger partial charge < -0.3 is 19.7 Å². The Kier molecular flexibility index (Phi) is 4.41. The van der Waals surface area contributed by atoms with Gasteiger partial charge in [-0.1, -0.05) is 6.92 Å². The molecule has 5 heteroatoms. The van der Waals surface area contributed by atoms with Crippen molar-refractivity contribution in [2.24, 2.45) is 5.92 Å². The maximum Gasteiger partial charge on any atom is 0.317 e. The molecular formula is C17H24N2O3. The van der Waals surface area contributed by atoms with Crippen molar-refractivity contribution < 1.29 is 14.3 Å². The maximum absolute atomic E-state index is 12.3. The predicted octanol–water partition coefficient (Wildman–Crippen LogP) is 2.44. The number of urea groups is 1. The lowest BCUT2D eigenvalue weighted by Crippen LogP contribution is -2.50. The lowest BCUT2D eigenvalue weighted by atomic mass is 9.99. The van der Waals surface area contributed by atoms with Crippen molar-refractivity contribution in [3.63, 3.8) is 0 Å². The van der Waals surface area contributed by atoms with Crippen molar-refractivity contribution in [2.45, 2.75) is 32.2 Å². The Balaban J connectivity index is 1.58. The molecule has 0 aromatic heterocycles. The molecule has 22 heavy (non-hydrogen) atoms. The van der Waals surface area contributed by atoms with E-state index in [9.17, 15) is 4.79 Å². The molecule has 0 aliphatic carbocycles. The van der Waals surface area contributed by atoms with E-state index in [0.29, 0.717) is 6.61 Å². The highest BCUT2D eigenvalue weighted by molar-refractivity contribution is 5.74. The molecule has 0 bridgehead atoms. The number of ether oxygens (including phenoxy) is 2. The third-order valence-corrected chi connectivity index (χ3v) is 4.57. The minimum atomic E-state index is 0.0199. The third-order valence-electron chi connectivity index (χ3n) is 4.57. The molecule has 1 aromatic rings. The van der Waals surface area contributed by atoms with E-state index in [1.54, 1.807) is 7.11 Å². The summed E-state index contributed by atoms with van der Waals surface area (Å²) in [6, 6.07) is 5.86. The van der Waals surface area contributed by atoms with Crippen LogP contribution in [0.15, 0.2) is 18.2 Å². The Labute approximate surface area is 131 Å². The fraction of sp³-hybridized carbons (Fsp3) is 0.588. The standard InChI is InChI=1S/C17H24N2O3/c1-12-5-7-19(8-6-12)17(20)18-14-9-13-10-15(21-2)3-4-16(13)22-11-14/h3-4,10,12,14H,5-9,11H2,1-2H3,(H,18,20)/t14-/m1/s1. The van der Waals surface area contributed by atoms with E-state index < -0.39 is 0 Å². The molecule has 2 heterocycles. The second-order valence-corrected chi connectivity index (χ2v) is 6.30.